The number of hydrogen-bond donors (Lipinski definition) is 0. The van der Waals surface area contributed by atoms with Gasteiger partial charge in [-0.25, -0.2) is 0 Å². The SMILES string of the molecule is CC[C@@H]1CCCCN1C(=O)c1ccccc1-c1nc(-c2ccccc2)no1. The van der Waals surface area contributed by atoms with Crippen LogP contribution in [0.2, 0.25) is 0 Å². The van der Waals surface area contributed by atoms with Gasteiger partial charge in [-0.1, -0.05) is 54.5 Å². The number of benzene rings is 2. The average Bonchev–Trinajstić information content (AvgIpc) is 3.24. The molecule has 0 radical (unpaired) electrons. The van der Waals surface area contributed by atoms with Gasteiger partial charge in [-0.15, -0.1) is 0 Å². The predicted molar refractivity (Wildman–Crippen MR) is 104 cm³/mol. The van der Waals surface area contributed by atoms with Crippen molar-refractivity contribution in [2.24, 2.45) is 0 Å². The van der Waals surface area contributed by atoms with E-state index in [1.165, 1.54) is 6.42 Å². The Labute approximate surface area is 159 Å². The minimum Gasteiger partial charge on any atom is -0.336 e. The predicted octanol–water partition coefficient (Wildman–Crippen LogP) is 4.81. The van der Waals surface area contributed by atoms with E-state index in [0.29, 0.717) is 28.9 Å². The molecule has 1 aliphatic rings. The van der Waals surface area contributed by atoms with Gasteiger partial charge in [-0.05, 0) is 37.8 Å². The highest BCUT2D eigenvalue weighted by Crippen LogP contribution is 2.28. The van der Waals surface area contributed by atoms with Gasteiger partial charge < -0.3 is 9.42 Å². The first-order chi connectivity index (χ1) is 13.3. The van der Waals surface area contributed by atoms with Crippen LogP contribution >= 0.6 is 0 Å². The lowest BCUT2D eigenvalue weighted by molar-refractivity contribution is 0.0608. The second kappa shape index (κ2) is 7.74. The zero-order chi connectivity index (χ0) is 18.6. The molecule has 0 unspecified atom stereocenters. The van der Waals surface area contributed by atoms with Gasteiger partial charge in [0, 0.05) is 18.2 Å². The van der Waals surface area contributed by atoms with Crippen molar-refractivity contribution in [2.45, 2.75) is 38.6 Å². The van der Waals surface area contributed by atoms with Crippen molar-refractivity contribution in [2.75, 3.05) is 6.54 Å². The third kappa shape index (κ3) is 3.50. The number of likely N-dealkylation sites (tertiary alicyclic amines) is 1. The first-order valence-corrected chi connectivity index (χ1v) is 9.57. The Bertz CT molecular complexity index is 920. The van der Waals surface area contributed by atoms with Gasteiger partial charge in [0.05, 0.1) is 11.1 Å². The van der Waals surface area contributed by atoms with Gasteiger partial charge in [0.25, 0.3) is 11.8 Å². The van der Waals surface area contributed by atoms with E-state index < -0.39 is 0 Å². The molecule has 1 aliphatic heterocycles. The van der Waals surface area contributed by atoms with Crippen molar-refractivity contribution in [3.05, 3.63) is 60.2 Å². The molecule has 3 aromatic rings. The van der Waals surface area contributed by atoms with E-state index in [0.717, 1.165) is 31.4 Å². The van der Waals surface area contributed by atoms with Crippen molar-refractivity contribution in [1.29, 1.82) is 0 Å². The third-order valence-electron chi connectivity index (χ3n) is 5.21. The molecule has 1 amide bonds. The molecule has 5 heteroatoms. The summed E-state index contributed by atoms with van der Waals surface area (Å²) < 4.78 is 5.50. The summed E-state index contributed by atoms with van der Waals surface area (Å²) in [5.41, 5.74) is 2.21. The molecule has 2 aromatic carbocycles. The largest absolute Gasteiger partial charge is 0.336 e. The summed E-state index contributed by atoms with van der Waals surface area (Å²) in [4.78, 5) is 19.8. The van der Waals surface area contributed by atoms with E-state index in [4.69, 9.17) is 4.52 Å². The Kier molecular flexibility index (Phi) is 5.01. The van der Waals surface area contributed by atoms with Gasteiger partial charge >= 0.3 is 0 Å². The maximum absolute atomic E-state index is 13.3. The molecule has 0 aliphatic carbocycles. The second-order valence-electron chi connectivity index (χ2n) is 6.89. The van der Waals surface area contributed by atoms with Gasteiger partial charge in [0.15, 0.2) is 0 Å². The number of aromatic nitrogens is 2. The number of carbonyl (C=O) groups is 1. The van der Waals surface area contributed by atoms with Crippen LogP contribution in [-0.2, 0) is 0 Å². The summed E-state index contributed by atoms with van der Waals surface area (Å²) in [6.07, 6.45) is 4.30. The van der Waals surface area contributed by atoms with Crippen LogP contribution in [-0.4, -0.2) is 33.5 Å². The third-order valence-corrected chi connectivity index (χ3v) is 5.21. The quantitative estimate of drug-likeness (QED) is 0.669. The topological polar surface area (TPSA) is 59.2 Å². The van der Waals surface area contributed by atoms with Gasteiger partial charge in [0.1, 0.15) is 0 Å². The molecule has 5 nitrogen and oxygen atoms in total. The number of rotatable bonds is 4. The highest BCUT2D eigenvalue weighted by molar-refractivity contribution is 6.00. The minimum atomic E-state index is 0.0524. The average molecular weight is 361 g/mol. The molecular formula is C22H23N3O2. The first kappa shape index (κ1) is 17.5. The first-order valence-electron chi connectivity index (χ1n) is 9.57. The molecule has 1 aromatic heterocycles. The summed E-state index contributed by atoms with van der Waals surface area (Å²) in [6.45, 7) is 2.96. The number of amides is 1. The summed E-state index contributed by atoms with van der Waals surface area (Å²) in [5, 5.41) is 4.10. The number of piperidine rings is 1. The summed E-state index contributed by atoms with van der Waals surface area (Å²) >= 11 is 0. The van der Waals surface area contributed by atoms with Crippen molar-refractivity contribution in [3.8, 4) is 22.8 Å². The normalized spacial score (nSPS) is 17.1. The zero-order valence-corrected chi connectivity index (χ0v) is 15.5. The molecular weight excluding hydrogens is 338 g/mol. The molecule has 4 rings (SSSR count). The lowest BCUT2D eigenvalue weighted by Crippen LogP contribution is -2.43. The van der Waals surface area contributed by atoms with E-state index in [-0.39, 0.29) is 5.91 Å². The summed E-state index contributed by atoms with van der Waals surface area (Å²) in [5.74, 6) is 0.955. The Morgan fingerprint density at radius 3 is 2.70 bits per heavy atom. The number of carbonyl (C=O) groups excluding carboxylic acids is 1. The van der Waals surface area contributed by atoms with E-state index in [1.54, 1.807) is 0 Å². The van der Waals surface area contributed by atoms with Crippen molar-refractivity contribution in [3.63, 3.8) is 0 Å². The fourth-order valence-corrected chi connectivity index (χ4v) is 3.74. The van der Waals surface area contributed by atoms with Gasteiger partial charge in [-0.3, -0.25) is 4.79 Å². The van der Waals surface area contributed by atoms with Crippen LogP contribution in [0.25, 0.3) is 22.8 Å². The summed E-state index contributed by atoms with van der Waals surface area (Å²) in [6, 6.07) is 17.5. The molecule has 1 fully saturated rings. The van der Waals surface area contributed by atoms with Crippen LogP contribution in [0.4, 0.5) is 0 Å². The highest BCUT2D eigenvalue weighted by atomic mass is 16.5. The molecule has 138 valence electrons. The number of nitrogens with zero attached hydrogens (tertiary/aromatic N) is 3. The Morgan fingerprint density at radius 1 is 1.11 bits per heavy atom. The van der Waals surface area contributed by atoms with Crippen molar-refractivity contribution >= 4 is 5.91 Å². The maximum atomic E-state index is 13.3. The molecule has 0 N–H and O–H groups in total. The van der Waals surface area contributed by atoms with E-state index >= 15 is 0 Å². The second-order valence-corrected chi connectivity index (χ2v) is 6.89. The van der Waals surface area contributed by atoms with Crippen LogP contribution in [0.1, 0.15) is 43.0 Å². The molecule has 0 bridgehead atoms. The molecule has 1 saturated heterocycles. The maximum Gasteiger partial charge on any atom is 0.259 e. The van der Waals surface area contributed by atoms with Gasteiger partial charge in [0.2, 0.25) is 5.82 Å². The summed E-state index contributed by atoms with van der Waals surface area (Å²) in [7, 11) is 0. The molecule has 0 saturated carbocycles. The Balaban J connectivity index is 1.68. The monoisotopic (exact) mass is 361 g/mol. The number of hydrogen-bond acceptors (Lipinski definition) is 4. The highest BCUT2D eigenvalue weighted by Gasteiger charge is 2.28. The van der Waals surface area contributed by atoms with E-state index in [2.05, 4.69) is 17.1 Å². The van der Waals surface area contributed by atoms with Crippen molar-refractivity contribution < 1.29 is 9.32 Å². The molecule has 1 atom stereocenters. The van der Waals surface area contributed by atoms with E-state index in [1.807, 2.05) is 59.5 Å². The molecule has 2 heterocycles. The zero-order valence-electron chi connectivity index (χ0n) is 15.5. The lowest BCUT2D eigenvalue weighted by Gasteiger charge is -2.35. The standard InChI is InChI=1S/C22H23N3O2/c1-2-17-12-8-9-15-25(17)22(26)19-14-7-6-13-18(19)21-23-20(24-27-21)16-10-4-3-5-11-16/h3-7,10-11,13-14,17H,2,8-9,12,15H2,1H3/t17-/m1/s1. The van der Waals surface area contributed by atoms with E-state index in [9.17, 15) is 4.79 Å². The lowest BCUT2D eigenvalue weighted by atomic mass is 9.97. The van der Waals surface area contributed by atoms with Crippen molar-refractivity contribution in [1.82, 2.24) is 15.0 Å². The van der Waals surface area contributed by atoms with Gasteiger partial charge in [-0.2, -0.15) is 4.98 Å². The molecule has 0 spiro atoms. The Morgan fingerprint density at radius 2 is 1.89 bits per heavy atom. The van der Waals surface area contributed by atoms with Crippen LogP contribution in [0.5, 0.6) is 0 Å². The fraction of sp³-hybridized carbons (Fsp3) is 0.318. The van der Waals surface area contributed by atoms with Crippen LogP contribution in [0, 0.1) is 0 Å². The van der Waals surface area contributed by atoms with Crippen LogP contribution < -0.4 is 0 Å². The Hall–Kier alpha value is -2.95. The fourth-order valence-electron chi connectivity index (χ4n) is 3.74. The smallest absolute Gasteiger partial charge is 0.259 e. The van der Waals surface area contributed by atoms with Crippen LogP contribution in [0.15, 0.2) is 59.1 Å². The minimum absolute atomic E-state index is 0.0524. The molecule has 27 heavy (non-hydrogen) atoms. The van der Waals surface area contributed by atoms with Crippen LogP contribution in [0.3, 0.4) is 0 Å².